The van der Waals surface area contributed by atoms with E-state index in [4.69, 9.17) is 10.00 Å². The molecule has 5 heteroatoms. The van der Waals surface area contributed by atoms with E-state index in [-0.39, 0.29) is 11.2 Å². The molecule has 1 saturated heterocycles. The number of cyclic esters (lactones) is 1. The van der Waals surface area contributed by atoms with Crippen molar-refractivity contribution in [3.63, 3.8) is 0 Å². The van der Waals surface area contributed by atoms with Crippen molar-refractivity contribution in [2.75, 3.05) is 6.61 Å². The first-order chi connectivity index (χ1) is 7.29. The van der Waals surface area contributed by atoms with Gasteiger partial charge in [-0.15, -0.1) is 0 Å². The molecule has 76 valence electrons. The molecule has 2 rings (SSSR count). The Bertz CT molecular complexity index is 428. The molecule has 1 aromatic heterocycles. The zero-order valence-electron chi connectivity index (χ0n) is 7.84. The Morgan fingerprint density at radius 1 is 1.67 bits per heavy atom. The van der Waals surface area contributed by atoms with Gasteiger partial charge in [-0.05, 0) is 12.1 Å². The van der Waals surface area contributed by atoms with Gasteiger partial charge in [0, 0.05) is 12.6 Å². The van der Waals surface area contributed by atoms with Crippen LogP contribution in [0.15, 0.2) is 23.4 Å². The third kappa shape index (κ3) is 2.28. The summed E-state index contributed by atoms with van der Waals surface area (Å²) in [6.45, 7) is 0.481. The fraction of sp³-hybridized carbons (Fsp3) is 0.300. The van der Waals surface area contributed by atoms with Crippen molar-refractivity contribution in [1.82, 2.24) is 4.98 Å². The van der Waals surface area contributed by atoms with Gasteiger partial charge in [0.1, 0.15) is 5.25 Å². The van der Waals surface area contributed by atoms with Gasteiger partial charge in [-0.2, -0.15) is 5.26 Å². The van der Waals surface area contributed by atoms with Crippen LogP contribution in [0.2, 0.25) is 0 Å². The molecule has 1 aliphatic rings. The Balaban J connectivity index is 2.10. The van der Waals surface area contributed by atoms with E-state index in [1.165, 1.54) is 11.8 Å². The summed E-state index contributed by atoms with van der Waals surface area (Å²) in [7, 11) is 0. The van der Waals surface area contributed by atoms with Gasteiger partial charge < -0.3 is 4.74 Å². The number of carbonyl (C=O) groups is 1. The standard InChI is InChI=1S/C10H8N2O2S/c11-6-7-1-3-12-9(5-7)15-8-2-4-14-10(8)13/h1,3,5,8H,2,4H2/t8-/m0/s1. The zero-order valence-corrected chi connectivity index (χ0v) is 8.66. The van der Waals surface area contributed by atoms with Gasteiger partial charge in [-0.25, -0.2) is 4.98 Å². The molecule has 4 nitrogen and oxygen atoms in total. The van der Waals surface area contributed by atoms with Gasteiger partial charge in [-0.1, -0.05) is 11.8 Å². The van der Waals surface area contributed by atoms with Crippen molar-refractivity contribution < 1.29 is 9.53 Å². The molecule has 0 amide bonds. The lowest BCUT2D eigenvalue weighted by Gasteiger charge is -2.03. The van der Waals surface area contributed by atoms with E-state index in [1.54, 1.807) is 18.3 Å². The first-order valence-corrected chi connectivity index (χ1v) is 5.37. The molecule has 15 heavy (non-hydrogen) atoms. The third-order valence-electron chi connectivity index (χ3n) is 2.01. The lowest BCUT2D eigenvalue weighted by Crippen LogP contribution is -2.09. The van der Waals surface area contributed by atoms with E-state index < -0.39 is 0 Å². The maximum atomic E-state index is 11.2. The maximum Gasteiger partial charge on any atom is 0.319 e. The van der Waals surface area contributed by atoms with Crippen molar-refractivity contribution in [2.45, 2.75) is 16.7 Å². The topological polar surface area (TPSA) is 63.0 Å². The minimum absolute atomic E-state index is 0.175. The van der Waals surface area contributed by atoms with Crippen LogP contribution in [0, 0.1) is 11.3 Å². The molecule has 1 atom stereocenters. The second-order valence-corrected chi connectivity index (χ2v) is 4.28. The average molecular weight is 220 g/mol. The summed E-state index contributed by atoms with van der Waals surface area (Å²) in [5.41, 5.74) is 0.555. The highest BCUT2D eigenvalue weighted by Gasteiger charge is 2.27. The highest BCUT2D eigenvalue weighted by molar-refractivity contribution is 8.00. The van der Waals surface area contributed by atoms with Crippen molar-refractivity contribution in [2.24, 2.45) is 0 Å². The van der Waals surface area contributed by atoms with Crippen LogP contribution < -0.4 is 0 Å². The van der Waals surface area contributed by atoms with E-state index in [1.807, 2.05) is 6.07 Å². The number of rotatable bonds is 2. The highest BCUT2D eigenvalue weighted by Crippen LogP contribution is 2.28. The van der Waals surface area contributed by atoms with Gasteiger partial charge in [0.05, 0.1) is 23.3 Å². The first kappa shape index (κ1) is 9.99. The first-order valence-electron chi connectivity index (χ1n) is 4.49. The van der Waals surface area contributed by atoms with Crippen molar-refractivity contribution in [3.05, 3.63) is 23.9 Å². The number of nitriles is 1. The van der Waals surface area contributed by atoms with Gasteiger partial charge >= 0.3 is 5.97 Å². The third-order valence-corrected chi connectivity index (χ3v) is 3.19. The molecular weight excluding hydrogens is 212 g/mol. The largest absolute Gasteiger partial charge is 0.465 e. The number of aromatic nitrogens is 1. The molecule has 0 aromatic carbocycles. The van der Waals surface area contributed by atoms with Crippen LogP contribution in [0.4, 0.5) is 0 Å². The van der Waals surface area contributed by atoms with Crippen LogP contribution in [0.1, 0.15) is 12.0 Å². The zero-order chi connectivity index (χ0) is 10.7. The predicted octanol–water partition coefficient (Wildman–Crippen LogP) is 1.36. The number of esters is 1. The number of nitrogens with zero attached hydrogens (tertiary/aromatic N) is 2. The van der Waals surface area contributed by atoms with Crippen LogP contribution in [-0.4, -0.2) is 22.8 Å². The second kappa shape index (κ2) is 4.32. The van der Waals surface area contributed by atoms with Crippen molar-refractivity contribution in [1.29, 1.82) is 5.26 Å². The van der Waals surface area contributed by atoms with Crippen LogP contribution in [0.3, 0.4) is 0 Å². The molecule has 0 aliphatic carbocycles. The maximum absolute atomic E-state index is 11.2. The number of hydrogen-bond donors (Lipinski definition) is 0. The molecular formula is C10H8N2O2S. The van der Waals surface area contributed by atoms with E-state index in [2.05, 4.69) is 4.98 Å². The second-order valence-electron chi connectivity index (χ2n) is 3.06. The monoisotopic (exact) mass is 220 g/mol. The summed E-state index contributed by atoms with van der Waals surface area (Å²) in [5.74, 6) is -0.191. The van der Waals surface area contributed by atoms with Gasteiger partial charge in [0.15, 0.2) is 0 Å². The molecule has 1 aromatic rings. The van der Waals surface area contributed by atoms with Gasteiger partial charge in [0.25, 0.3) is 0 Å². The van der Waals surface area contributed by atoms with E-state index in [0.717, 1.165) is 0 Å². The van der Waals surface area contributed by atoms with Gasteiger partial charge in [-0.3, -0.25) is 4.79 Å². The Morgan fingerprint density at radius 3 is 3.20 bits per heavy atom. The lowest BCUT2D eigenvalue weighted by molar-refractivity contribution is -0.137. The molecule has 1 fully saturated rings. The molecule has 1 aliphatic heterocycles. The van der Waals surface area contributed by atoms with Crippen LogP contribution in [0.5, 0.6) is 0 Å². The SMILES string of the molecule is N#Cc1ccnc(S[C@H]2CCOC2=O)c1. The molecule has 0 unspecified atom stereocenters. The minimum Gasteiger partial charge on any atom is -0.465 e. The minimum atomic E-state index is -0.191. The van der Waals surface area contributed by atoms with Crippen molar-refractivity contribution in [3.8, 4) is 6.07 Å². The summed E-state index contributed by atoms with van der Waals surface area (Å²) < 4.78 is 4.84. The number of ether oxygens (including phenoxy) is 1. The molecule has 0 radical (unpaired) electrons. The molecule has 0 spiro atoms. The number of carbonyl (C=O) groups excluding carboxylic acids is 1. The summed E-state index contributed by atoms with van der Waals surface area (Å²) in [6.07, 6.45) is 2.28. The number of pyridine rings is 1. The number of hydrogen-bond acceptors (Lipinski definition) is 5. The van der Waals surface area contributed by atoms with Gasteiger partial charge in [0.2, 0.25) is 0 Å². The normalized spacial score (nSPS) is 19.7. The quantitative estimate of drug-likeness (QED) is 0.704. The van der Waals surface area contributed by atoms with Crippen LogP contribution in [-0.2, 0) is 9.53 Å². The molecule has 2 heterocycles. The molecule has 0 bridgehead atoms. The Kier molecular flexibility index (Phi) is 2.88. The molecule has 0 N–H and O–H groups in total. The number of thioether (sulfide) groups is 1. The Hall–Kier alpha value is -1.54. The fourth-order valence-corrected chi connectivity index (χ4v) is 2.26. The summed E-state index contributed by atoms with van der Waals surface area (Å²) in [6, 6.07) is 5.35. The lowest BCUT2D eigenvalue weighted by atomic mass is 10.3. The summed E-state index contributed by atoms with van der Waals surface area (Å²) in [4.78, 5) is 15.3. The fourth-order valence-electron chi connectivity index (χ4n) is 1.27. The summed E-state index contributed by atoms with van der Waals surface area (Å²) >= 11 is 1.35. The smallest absolute Gasteiger partial charge is 0.319 e. The summed E-state index contributed by atoms with van der Waals surface area (Å²) in [5, 5.41) is 9.21. The highest BCUT2D eigenvalue weighted by atomic mass is 32.2. The van der Waals surface area contributed by atoms with E-state index in [9.17, 15) is 4.79 Å². The Morgan fingerprint density at radius 2 is 2.53 bits per heavy atom. The van der Waals surface area contributed by atoms with Crippen LogP contribution in [0.25, 0.3) is 0 Å². The molecule has 0 saturated carbocycles. The van der Waals surface area contributed by atoms with Crippen LogP contribution >= 0.6 is 11.8 Å². The predicted molar refractivity (Wildman–Crippen MR) is 54.2 cm³/mol. The van der Waals surface area contributed by atoms with E-state index in [0.29, 0.717) is 23.6 Å². The Labute approximate surface area is 91.3 Å². The average Bonchev–Trinajstić information content (AvgIpc) is 2.65. The van der Waals surface area contributed by atoms with E-state index >= 15 is 0 Å². The van der Waals surface area contributed by atoms with Crippen molar-refractivity contribution >= 4 is 17.7 Å².